The molecule has 20 heavy (non-hydrogen) atoms. The molecule has 0 radical (unpaired) electrons. The summed E-state index contributed by atoms with van der Waals surface area (Å²) in [7, 11) is 0. The molecule has 0 saturated carbocycles. The molecule has 0 bridgehead atoms. The van der Waals surface area contributed by atoms with Crippen LogP contribution in [0.15, 0.2) is 78.9 Å². The molecule has 2 aromatic carbocycles. The van der Waals surface area contributed by atoms with Gasteiger partial charge in [-0.2, -0.15) is 0 Å². The topological polar surface area (TPSA) is 20.2 Å². The minimum Gasteiger partial charge on any atom is -0.508 e. The van der Waals surface area contributed by atoms with E-state index in [1.165, 1.54) is 5.56 Å². The second kappa shape index (κ2) is 5.79. The summed E-state index contributed by atoms with van der Waals surface area (Å²) >= 11 is 0. The first-order valence-electron chi connectivity index (χ1n) is 6.77. The molecule has 1 N–H and O–H groups in total. The number of aromatic hydroxyl groups is 1. The quantitative estimate of drug-likeness (QED) is 0.784. The predicted molar refractivity (Wildman–Crippen MR) is 85.0 cm³/mol. The van der Waals surface area contributed by atoms with Crippen molar-refractivity contribution in [2.45, 2.75) is 19.3 Å². The van der Waals surface area contributed by atoms with Crippen LogP contribution in [0.5, 0.6) is 5.75 Å². The number of rotatable bonds is 4. The highest BCUT2D eigenvalue weighted by Gasteiger charge is 2.31. The van der Waals surface area contributed by atoms with Crippen molar-refractivity contribution in [3.63, 3.8) is 0 Å². The Morgan fingerprint density at radius 1 is 1.05 bits per heavy atom. The second-order valence-electron chi connectivity index (χ2n) is 4.99. The van der Waals surface area contributed by atoms with Gasteiger partial charge in [-0.1, -0.05) is 61.2 Å². The highest BCUT2D eigenvalue weighted by molar-refractivity contribution is 5.52. The maximum Gasteiger partial charge on any atom is 0.115 e. The lowest BCUT2D eigenvalue weighted by atomic mass is 9.70. The highest BCUT2D eigenvalue weighted by atomic mass is 16.3. The Morgan fingerprint density at radius 2 is 1.70 bits per heavy atom. The van der Waals surface area contributed by atoms with Crippen LogP contribution >= 0.6 is 0 Å². The van der Waals surface area contributed by atoms with Gasteiger partial charge in [0, 0.05) is 5.41 Å². The van der Waals surface area contributed by atoms with Crippen LogP contribution in [0.4, 0.5) is 0 Å². The Labute approximate surface area is 120 Å². The number of phenols is 1. The van der Waals surface area contributed by atoms with Crippen molar-refractivity contribution in [2.24, 2.45) is 0 Å². The summed E-state index contributed by atoms with van der Waals surface area (Å²) in [5, 5.41) is 9.81. The molecule has 0 aliphatic carbocycles. The molecule has 1 nitrogen and oxygen atoms in total. The summed E-state index contributed by atoms with van der Waals surface area (Å²) < 4.78 is 0. The molecule has 1 atom stereocenters. The van der Waals surface area contributed by atoms with Gasteiger partial charge in [0.25, 0.3) is 0 Å². The van der Waals surface area contributed by atoms with E-state index in [1.807, 2.05) is 49.4 Å². The first kappa shape index (κ1) is 14.1. The van der Waals surface area contributed by atoms with E-state index in [1.54, 1.807) is 6.07 Å². The Hall–Kier alpha value is -2.28. The monoisotopic (exact) mass is 264 g/mol. The lowest BCUT2D eigenvalue weighted by Crippen LogP contribution is -2.25. The third kappa shape index (κ3) is 2.39. The summed E-state index contributed by atoms with van der Waals surface area (Å²) in [5.41, 5.74) is 3.03. The van der Waals surface area contributed by atoms with Gasteiger partial charge in [-0.3, -0.25) is 0 Å². The van der Waals surface area contributed by atoms with Gasteiger partial charge in [0.1, 0.15) is 5.75 Å². The van der Waals surface area contributed by atoms with Crippen LogP contribution < -0.4 is 0 Å². The Balaban J connectivity index is 2.71. The van der Waals surface area contributed by atoms with E-state index < -0.39 is 0 Å². The molecular formula is C19H20O. The molecule has 0 fully saturated rings. The van der Waals surface area contributed by atoms with E-state index in [4.69, 9.17) is 0 Å². The average molecular weight is 264 g/mol. The number of hydrogen-bond donors (Lipinski definition) is 1. The van der Waals surface area contributed by atoms with Gasteiger partial charge in [0.05, 0.1) is 0 Å². The molecule has 0 saturated heterocycles. The number of phenolic OH excluding ortho intramolecular Hbond substituents is 1. The molecular weight excluding hydrogens is 244 g/mol. The lowest BCUT2D eigenvalue weighted by molar-refractivity contribution is 0.473. The van der Waals surface area contributed by atoms with Crippen LogP contribution in [0.25, 0.3) is 0 Å². The average Bonchev–Trinajstić information content (AvgIpc) is 2.49. The van der Waals surface area contributed by atoms with E-state index >= 15 is 0 Å². The zero-order valence-corrected chi connectivity index (χ0v) is 12.0. The Morgan fingerprint density at radius 3 is 2.25 bits per heavy atom. The van der Waals surface area contributed by atoms with Crippen molar-refractivity contribution in [1.29, 1.82) is 0 Å². The summed E-state index contributed by atoms with van der Waals surface area (Å²) in [6.45, 7) is 8.12. The van der Waals surface area contributed by atoms with Gasteiger partial charge in [0.2, 0.25) is 0 Å². The van der Waals surface area contributed by atoms with Crippen LogP contribution in [0.3, 0.4) is 0 Å². The summed E-state index contributed by atoms with van der Waals surface area (Å²) in [4.78, 5) is 0. The minimum atomic E-state index is -0.323. The van der Waals surface area contributed by atoms with Gasteiger partial charge in [0.15, 0.2) is 0 Å². The molecule has 0 aliphatic rings. The van der Waals surface area contributed by atoms with Gasteiger partial charge >= 0.3 is 0 Å². The van der Waals surface area contributed by atoms with Crippen molar-refractivity contribution in [1.82, 2.24) is 0 Å². The SMILES string of the molecule is C=C/C(=C\C)C(C)(c1ccccc1)c1cccc(O)c1. The zero-order valence-electron chi connectivity index (χ0n) is 12.0. The summed E-state index contributed by atoms with van der Waals surface area (Å²) in [6, 6.07) is 17.7. The Bertz CT molecular complexity index is 625. The van der Waals surface area contributed by atoms with Crippen molar-refractivity contribution in [3.8, 4) is 5.75 Å². The van der Waals surface area contributed by atoms with Gasteiger partial charge in [-0.05, 0) is 42.7 Å². The van der Waals surface area contributed by atoms with Crippen LogP contribution in [0.2, 0.25) is 0 Å². The largest absolute Gasteiger partial charge is 0.508 e. The van der Waals surface area contributed by atoms with Crippen LogP contribution in [0.1, 0.15) is 25.0 Å². The van der Waals surface area contributed by atoms with Crippen molar-refractivity contribution in [2.75, 3.05) is 0 Å². The molecule has 2 aromatic rings. The van der Waals surface area contributed by atoms with E-state index in [2.05, 4.69) is 31.7 Å². The van der Waals surface area contributed by atoms with Crippen molar-refractivity contribution >= 4 is 0 Å². The second-order valence-corrected chi connectivity index (χ2v) is 4.99. The molecule has 1 unspecified atom stereocenters. The molecule has 102 valence electrons. The maximum atomic E-state index is 9.81. The number of benzene rings is 2. The molecule has 0 amide bonds. The molecule has 0 aliphatic heterocycles. The summed E-state index contributed by atoms with van der Waals surface area (Å²) in [6.07, 6.45) is 3.96. The minimum absolute atomic E-state index is 0.282. The zero-order chi connectivity index (χ0) is 14.6. The van der Waals surface area contributed by atoms with Crippen LogP contribution in [-0.2, 0) is 5.41 Å². The van der Waals surface area contributed by atoms with Gasteiger partial charge in [-0.25, -0.2) is 0 Å². The molecule has 2 rings (SSSR count). The molecule has 0 heterocycles. The first-order valence-corrected chi connectivity index (χ1v) is 6.77. The standard InChI is InChI=1S/C19H20O/c1-4-15(5-2)19(3,16-10-7-6-8-11-16)17-12-9-13-18(20)14-17/h4-14,20H,1H2,2-3H3/b15-5+. The first-order chi connectivity index (χ1) is 9.62. The van der Waals surface area contributed by atoms with E-state index in [0.29, 0.717) is 0 Å². The smallest absolute Gasteiger partial charge is 0.115 e. The number of hydrogen-bond acceptors (Lipinski definition) is 1. The normalized spacial score (nSPS) is 14.6. The predicted octanol–water partition coefficient (Wildman–Crippen LogP) is 4.83. The van der Waals surface area contributed by atoms with E-state index in [9.17, 15) is 5.11 Å². The van der Waals surface area contributed by atoms with Crippen molar-refractivity contribution < 1.29 is 5.11 Å². The van der Waals surface area contributed by atoms with Gasteiger partial charge in [-0.15, -0.1) is 0 Å². The van der Waals surface area contributed by atoms with E-state index in [-0.39, 0.29) is 11.2 Å². The van der Waals surface area contributed by atoms with E-state index in [0.717, 1.165) is 11.1 Å². The fourth-order valence-corrected chi connectivity index (χ4v) is 2.70. The molecule has 1 heteroatoms. The molecule has 0 spiro atoms. The third-order valence-electron chi connectivity index (χ3n) is 3.88. The van der Waals surface area contributed by atoms with Crippen LogP contribution in [0, 0.1) is 0 Å². The van der Waals surface area contributed by atoms with Crippen LogP contribution in [-0.4, -0.2) is 5.11 Å². The van der Waals surface area contributed by atoms with Crippen molar-refractivity contribution in [3.05, 3.63) is 90.0 Å². The fourth-order valence-electron chi connectivity index (χ4n) is 2.70. The highest BCUT2D eigenvalue weighted by Crippen LogP contribution is 2.40. The fraction of sp³-hybridized carbons (Fsp3) is 0.158. The summed E-state index contributed by atoms with van der Waals surface area (Å²) in [5.74, 6) is 0.282. The van der Waals surface area contributed by atoms with Gasteiger partial charge < -0.3 is 5.11 Å². The number of allylic oxidation sites excluding steroid dienone is 3. The maximum absolute atomic E-state index is 9.81. The third-order valence-corrected chi connectivity index (χ3v) is 3.88. The lowest BCUT2D eigenvalue weighted by Gasteiger charge is -2.32. The molecule has 0 aromatic heterocycles. The Kier molecular flexibility index (Phi) is 4.09.